The molecule has 1 heterocycles. The fourth-order valence-electron chi connectivity index (χ4n) is 1.32. The lowest BCUT2D eigenvalue weighted by Crippen LogP contribution is -2.33. The van der Waals surface area contributed by atoms with Gasteiger partial charge in [0.1, 0.15) is 6.04 Å². The first-order valence-corrected chi connectivity index (χ1v) is 5.27. The molecule has 0 aliphatic carbocycles. The number of benzene rings is 1. The number of carboxylic acid groups (broad SMARTS) is 1. The van der Waals surface area contributed by atoms with Crippen LogP contribution in [-0.2, 0) is 11.2 Å². The summed E-state index contributed by atoms with van der Waals surface area (Å²) in [7, 11) is 0. The van der Waals surface area contributed by atoms with Crippen molar-refractivity contribution in [1.82, 2.24) is 20.4 Å². The molecule has 0 aliphatic rings. The Kier molecular flexibility index (Phi) is 3.54. The van der Waals surface area contributed by atoms with Gasteiger partial charge in [-0.2, -0.15) is 0 Å². The number of aliphatic carboxylic acids is 1. The topological polar surface area (TPSA) is 115 Å². The summed E-state index contributed by atoms with van der Waals surface area (Å²) in [5.41, 5.74) is 6.16. The fraction of sp³-hybridized carbons (Fsp3) is 0.182. The van der Waals surface area contributed by atoms with Gasteiger partial charge in [0.2, 0.25) is 5.82 Å². The minimum absolute atomic E-state index is 0.00437. The van der Waals surface area contributed by atoms with Gasteiger partial charge in [-0.1, -0.05) is 30.3 Å². The maximum atomic E-state index is 10.6. The molecule has 0 amide bonds. The van der Waals surface area contributed by atoms with Crippen LogP contribution in [0.15, 0.2) is 30.3 Å². The van der Waals surface area contributed by atoms with E-state index in [0.717, 1.165) is 5.56 Å². The Balaban J connectivity index is 2.13. The summed E-state index contributed by atoms with van der Waals surface area (Å²) in [6.45, 7) is 0. The van der Waals surface area contributed by atoms with Crippen molar-refractivity contribution in [1.29, 1.82) is 0 Å². The standard InChI is InChI=1S/C11H11N5O2/c12-8(11(17)18)6-9-13-15-10(16-14-9)7-4-2-1-3-5-7/h1-5,8H,6,12H2,(H,17,18)/t8-/m0/s1. The molecule has 1 aromatic heterocycles. The molecule has 0 aliphatic heterocycles. The summed E-state index contributed by atoms with van der Waals surface area (Å²) in [6, 6.07) is 8.21. The van der Waals surface area contributed by atoms with Crippen molar-refractivity contribution < 1.29 is 9.90 Å². The number of carbonyl (C=O) groups is 1. The number of carboxylic acids is 1. The van der Waals surface area contributed by atoms with Crippen molar-refractivity contribution in [3.63, 3.8) is 0 Å². The van der Waals surface area contributed by atoms with Crippen molar-refractivity contribution in [3.05, 3.63) is 36.2 Å². The summed E-state index contributed by atoms with van der Waals surface area (Å²) in [4.78, 5) is 10.6. The zero-order valence-corrected chi connectivity index (χ0v) is 9.39. The third-order valence-electron chi connectivity index (χ3n) is 2.27. The molecule has 0 fully saturated rings. The first-order chi connectivity index (χ1) is 8.66. The summed E-state index contributed by atoms with van der Waals surface area (Å²) < 4.78 is 0. The molecule has 1 aromatic carbocycles. The Morgan fingerprint density at radius 1 is 1.17 bits per heavy atom. The monoisotopic (exact) mass is 245 g/mol. The van der Waals surface area contributed by atoms with Crippen molar-refractivity contribution >= 4 is 5.97 Å². The van der Waals surface area contributed by atoms with Gasteiger partial charge >= 0.3 is 5.97 Å². The van der Waals surface area contributed by atoms with Crippen LogP contribution in [-0.4, -0.2) is 37.5 Å². The molecule has 18 heavy (non-hydrogen) atoms. The van der Waals surface area contributed by atoms with Crippen LogP contribution in [0, 0.1) is 0 Å². The molecule has 0 radical (unpaired) electrons. The fourth-order valence-corrected chi connectivity index (χ4v) is 1.32. The number of rotatable bonds is 4. The average molecular weight is 245 g/mol. The van der Waals surface area contributed by atoms with Gasteiger partial charge in [-0.05, 0) is 0 Å². The maximum absolute atomic E-state index is 10.6. The Morgan fingerprint density at radius 3 is 2.33 bits per heavy atom. The van der Waals surface area contributed by atoms with E-state index in [-0.39, 0.29) is 12.2 Å². The van der Waals surface area contributed by atoms with Gasteiger partial charge in [-0.25, -0.2) is 0 Å². The van der Waals surface area contributed by atoms with Crippen LogP contribution >= 0.6 is 0 Å². The second kappa shape index (κ2) is 5.28. The van der Waals surface area contributed by atoms with E-state index in [9.17, 15) is 4.79 Å². The van der Waals surface area contributed by atoms with E-state index in [0.29, 0.717) is 5.82 Å². The molecule has 2 aromatic rings. The molecule has 2 rings (SSSR count). The molecule has 1 atom stereocenters. The smallest absolute Gasteiger partial charge is 0.320 e. The van der Waals surface area contributed by atoms with Gasteiger partial charge in [0.25, 0.3) is 0 Å². The molecule has 0 spiro atoms. The zero-order valence-electron chi connectivity index (χ0n) is 9.39. The average Bonchev–Trinajstić information content (AvgIpc) is 2.40. The molecule has 92 valence electrons. The molecule has 0 saturated heterocycles. The van der Waals surface area contributed by atoms with Gasteiger partial charge in [0.05, 0.1) is 0 Å². The van der Waals surface area contributed by atoms with Crippen LogP contribution in [0.25, 0.3) is 11.4 Å². The van der Waals surface area contributed by atoms with Crippen molar-refractivity contribution in [2.75, 3.05) is 0 Å². The van der Waals surface area contributed by atoms with Gasteiger partial charge in [-0.3, -0.25) is 4.79 Å². The van der Waals surface area contributed by atoms with E-state index in [1.165, 1.54) is 0 Å². The largest absolute Gasteiger partial charge is 0.480 e. The third-order valence-corrected chi connectivity index (χ3v) is 2.27. The van der Waals surface area contributed by atoms with Gasteiger partial charge in [-0.15, -0.1) is 20.4 Å². The summed E-state index contributed by atoms with van der Waals surface area (Å²) in [5, 5.41) is 24.1. The minimum atomic E-state index is -1.11. The van der Waals surface area contributed by atoms with Crippen LogP contribution in [0.2, 0.25) is 0 Å². The highest BCUT2D eigenvalue weighted by Crippen LogP contribution is 2.11. The van der Waals surface area contributed by atoms with Crippen molar-refractivity contribution in [2.24, 2.45) is 5.73 Å². The van der Waals surface area contributed by atoms with E-state index < -0.39 is 12.0 Å². The van der Waals surface area contributed by atoms with E-state index in [1.54, 1.807) is 0 Å². The normalized spacial score (nSPS) is 12.1. The molecule has 0 unspecified atom stereocenters. The molecular formula is C11H11N5O2. The number of hydrogen-bond acceptors (Lipinski definition) is 6. The highest BCUT2D eigenvalue weighted by molar-refractivity contribution is 5.73. The van der Waals surface area contributed by atoms with Crippen LogP contribution in [0.4, 0.5) is 0 Å². The maximum Gasteiger partial charge on any atom is 0.320 e. The van der Waals surface area contributed by atoms with Crippen LogP contribution in [0.5, 0.6) is 0 Å². The van der Waals surface area contributed by atoms with E-state index in [4.69, 9.17) is 10.8 Å². The molecular weight excluding hydrogens is 234 g/mol. The summed E-state index contributed by atoms with van der Waals surface area (Å²) >= 11 is 0. The third kappa shape index (κ3) is 2.83. The van der Waals surface area contributed by atoms with Crippen molar-refractivity contribution in [3.8, 4) is 11.4 Å². The molecule has 7 nitrogen and oxygen atoms in total. The predicted octanol–water partition coefficient (Wildman–Crippen LogP) is -0.112. The van der Waals surface area contributed by atoms with E-state index in [2.05, 4.69) is 20.4 Å². The van der Waals surface area contributed by atoms with Gasteiger partial charge < -0.3 is 10.8 Å². The van der Waals surface area contributed by atoms with Gasteiger partial charge in [0.15, 0.2) is 5.82 Å². The summed E-state index contributed by atoms with van der Waals surface area (Å²) in [5.74, 6) is -0.501. The Hall–Kier alpha value is -2.41. The number of aromatic nitrogens is 4. The zero-order chi connectivity index (χ0) is 13.0. The number of nitrogens with zero attached hydrogens (tertiary/aromatic N) is 4. The Labute approximate surface area is 103 Å². The van der Waals surface area contributed by atoms with Crippen LogP contribution < -0.4 is 5.73 Å². The highest BCUT2D eigenvalue weighted by Gasteiger charge is 2.14. The quantitative estimate of drug-likeness (QED) is 0.771. The Morgan fingerprint density at radius 2 is 1.78 bits per heavy atom. The number of hydrogen-bond donors (Lipinski definition) is 2. The summed E-state index contributed by atoms with van der Waals surface area (Å²) in [6.07, 6.45) is 0.00437. The lowest BCUT2D eigenvalue weighted by molar-refractivity contribution is -0.138. The van der Waals surface area contributed by atoms with Crippen molar-refractivity contribution in [2.45, 2.75) is 12.5 Å². The first-order valence-electron chi connectivity index (χ1n) is 5.27. The van der Waals surface area contributed by atoms with Gasteiger partial charge in [0, 0.05) is 12.0 Å². The van der Waals surface area contributed by atoms with E-state index in [1.807, 2.05) is 30.3 Å². The molecule has 0 saturated carbocycles. The Bertz CT molecular complexity index is 529. The van der Waals surface area contributed by atoms with E-state index >= 15 is 0 Å². The predicted molar refractivity (Wildman–Crippen MR) is 62.4 cm³/mol. The lowest BCUT2D eigenvalue weighted by Gasteiger charge is -2.03. The minimum Gasteiger partial charge on any atom is -0.480 e. The second-order valence-electron chi connectivity index (χ2n) is 3.65. The lowest BCUT2D eigenvalue weighted by atomic mass is 10.2. The van der Waals surface area contributed by atoms with Crippen LogP contribution in [0.3, 0.4) is 0 Å². The van der Waals surface area contributed by atoms with Crippen LogP contribution in [0.1, 0.15) is 5.82 Å². The molecule has 7 heteroatoms. The molecule has 0 bridgehead atoms. The first kappa shape index (κ1) is 12.1. The molecule has 3 N–H and O–H groups in total. The SMILES string of the molecule is N[C@@H](Cc1nnc(-c2ccccc2)nn1)C(=O)O. The second-order valence-corrected chi connectivity index (χ2v) is 3.65. The number of nitrogens with two attached hydrogens (primary N) is 1. The highest BCUT2D eigenvalue weighted by atomic mass is 16.4.